The van der Waals surface area contributed by atoms with Crippen LogP contribution in [0, 0.1) is 10.1 Å². The Morgan fingerprint density at radius 2 is 1.93 bits per heavy atom. The van der Waals surface area contributed by atoms with Crippen LogP contribution < -0.4 is 5.32 Å². The van der Waals surface area contributed by atoms with Crippen LogP contribution in [0.3, 0.4) is 0 Å². The van der Waals surface area contributed by atoms with Crippen LogP contribution >= 0.6 is 23.2 Å². The summed E-state index contributed by atoms with van der Waals surface area (Å²) in [4.78, 5) is 25.3. The molecule has 1 N–H and O–H groups in total. The maximum Gasteiger partial charge on any atom is 0.293 e. The van der Waals surface area contributed by atoms with Crippen LogP contribution in [0.4, 0.5) is 11.4 Å². The number of benzene rings is 2. The number of ether oxygens (including phenoxy) is 1. The minimum absolute atomic E-state index is 0.170. The third-order valence-corrected chi connectivity index (χ3v) is 5.10. The maximum atomic E-state index is 12.6. The van der Waals surface area contributed by atoms with Crippen molar-refractivity contribution in [2.75, 3.05) is 31.6 Å². The summed E-state index contributed by atoms with van der Waals surface area (Å²) in [5, 5.41) is 15.7. The van der Waals surface area contributed by atoms with Crippen molar-refractivity contribution in [2.24, 2.45) is 0 Å². The summed E-state index contributed by atoms with van der Waals surface area (Å²) in [5.41, 5.74) is 1.17. The van der Waals surface area contributed by atoms with E-state index in [4.69, 9.17) is 27.9 Å². The third kappa shape index (κ3) is 4.55. The number of nitrogens with one attached hydrogen (secondary N) is 1. The van der Waals surface area contributed by atoms with Crippen LogP contribution in [-0.2, 0) is 4.74 Å². The second-order valence-corrected chi connectivity index (χ2v) is 7.27. The SMILES string of the molecule is C[C@H](Nc1ccc(C(=O)N2CCOCC2)cc1[N+](=O)[O-])c1ccc(Cl)cc1Cl. The molecule has 7 nitrogen and oxygen atoms in total. The van der Waals surface area contributed by atoms with Gasteiger partial charge >= 0.3 is 0 Å². The third-order valence-electron chi connectivity index (χ3n) is 4.54. The molecule has 148 valence electrons. The Morgan fingerprint density at radius 1 is 1.21 bits per heavy atom. The van der Waals surface area contributed by atoms with Gasteiger partial charge < -0.3 is 15.0 Å². The normalized spacial score (nSPS) is 15.2. The number of hydrogen-bond acceptors (Lipinski definition) is 5. The first-order chi connectivity index (χ1) is 13.4. The second-order valence-electron chi connectivity index (χ2n) is 6.43. The van der Waals surface area contributed by atoms with E-state index < -0.39 is 4.92 Å². The van der Waals surface area contributed by atoms with Crippen molar-refractivity contribution in [1.29, 1.82) is 0 Å². The van der Waals surface area contributed by atoms with Gasteiger partial charge in [0.25, 0.3) is 11.6 Å². The first kappa shape index (κ1) is 20.4. The number of hydrogen-bond donors (Lipinski definition) is 1. The summed E-state index contributed by atoms with van der Waals surface area (Å²) >= 11 is 12.1. The molecule has 0 saturated carbocycles. The molecule has 0 unspecified atom stereocenters. The first-order valence-corrected chi connectivity index (χ1v) is 9.49. The largest absolute Gasteiger partial charge is 0.378 e. The van der Waals surface area contributed by atoms with E-state index >= 15 is 0 Å². The van der Waals surface area contributed by atoms with Crippen molar-refractivity contribution >= 4 is 40.5 Å². The Balaban J connectivity index is 1.84. The lowest BCUT2D eigenvalue weighted by atomic mass is 10.1. The minimum atomic E-state index is -0.505. The Labute approximate surface area is 172 Å². The molecular weight excluding hydrogens is 405 g/mol. The number of halogens is 2. The molecule has 0 radical (unpaired) electrons. The lowest BCUT2D eigenvalue weighted by Crippen LogP contribution is -2.40. The number of morpholine rings is 1. The molecule has 28 heavy (non-hydrogen) atoms. The number of carbonyl (C=O) groups is 1. The van der Waals surface area contributed by atoms with E-state index in [1.807, 2.05) is 6.92 Å². The van der Waals surface area contributed by atoms with Gasteiger partial charge in [0.2, 0.25) is 0 Å². The highest BCUT2D eigenvalue weighted by atomic mass is 35.5. The van der Waals surface area contributed by atoms with Gasteiger partial charge in [-0.3, -0.25) is 14.9 Å². The summed E-state index contributed by atoms with van der Waals surface area (Å²) < 4.78 is 5.24. The standard InChI is InChI=1S/C19H19Cl2N3O4/c1-12(15-4-3-14(20)11-16(15)21)22-17-5-2-13(10-18(17)24(26)27)19(25)23-6-8-28-9-7-23/h2-5,10-12,22H,6-9H2,1H3/t12-/m0/s1. The molecule has 1 amide bonds. The molecular formula is C19H19Cl2N3O4. The van der Waals surface area contributed by atoms with Gasteiger partial charge in [-0.25, -0.2) is 0 Å². The monoisotopic (exact) mass is 423 g/mol. The van der Waals surface area contributed by atoms with Crippen LogP contribution in [0.2, 0.25) is 10.0 Å². The second kappa shape index (κ2) is 8.77. The number of nitro benzene ring substituents is 1. The Morgan fingerprint density at radius 3 is 2.57 bits per heavy atom. The summed E-state index contributed by atoms with van der Waals surface area (Å²) in [6.45, 7) is 3.71. The number of anilines is 1. The number of rotatable bonds is 5. The molecule has 1 fully saturated rings. The van der Waals surface area contributed by atoms with Crippen LogP contribution in [0.1, 0.15) is 28.9 Å². The zero-order valence-electron chi connectivity index (χ0n) is 15.2. The minimum Gasteiger partial charge on any atom is -0.378 e. The highest BCUT2D eigenvalue weighted by Gasteiger charge is 2.23. The van der Waals surface area contributed by atoms with E-state index in [2.05, 4.69) is 5.32 Å². The van der Waals surface area contributed by atoms with Crippen LogP contribution in [0.15, 0.2) is 36.4 Å². The Kier molecular flexibility index (Phi) is 6.39. The lowest BCUT2D eigenvalue weighted by molar-refractivity contribution is -0.384. The number of amides is 1. The van der Waals surface area contributed by atoms with Crippen LogP contribution in [-0.4, -0.2) is 42.0 Å². The van der Waals surface area contributed by atoms with Gasteiger partial charge in [0.1, 0.15) is 5.69 Å². The molecule has 1 aliphatic heterocycles. The molecule has 9 heteroatoms. The molecule has 1 aliphatic rings. The highest BCUT2D eigenvalue weighted by molar-refractivity contribution is 6.35. The van der Waals surface area contributed by atoms with Gasteiger partial charge in [0.15, 0.2) is 0 Å². The van der Waals surface area contributed by atoms with E-state index in [1.54, 1.807) is 35.2 Å². The molecule has 1 atom stereocenters. The summed E-state index contributed by atoms with van der Waals surface area (Å²) in [5.74, 6) is -0.244. The quantitative estimate of drug-likeness (QED) is 0.563. The fourth-order valence-corrected chi connectivity index (χ4v) is 3.62. The van der Waals surface area contributed by atoms with E-state index in [-0.39, 0.29) is 23.2 Å². The molecule has 1 saturated heterocycles. The van der Waals surface area contributed by atoms with Crippen molar-refractivity contribution in [2.45, 2.75) is 13.0 Å². The fourth-order valence-electron chi connectivity index (χ4n) is 3.05. The maximum absolute atomic E-state index is 12.6. The van der Waals surface area contributed by atoms with Crippen molar-refractivity contribution in [3.63, 3.8) is 0 Å². The smallest absolute Gasteiger partial charge is 0.293 e. The van der Waals surface area contributed by atoms with Gasteiger partial charge in [-0.15, -0.1) is 0 Å². The predicted molar refractivity (Wildman–Crippen MR) is 108 cm³/mol. The van der Waals surface area contributed by atoms with Gasteiger partial charge in [-0.1, -0.05) is 29.3 Å². The summed E-state index contributed by atoms with van der Waals surface area (Å²) in [6, 6.07) is 9.23. The fraction of sp³-hybridized carbons (Fsp3) is 0.316. The molecule has 0 bridgehead atoms. The predicted octanol–water partition coefficient (Wildman–Crippen LogP) is 4.55. The summed E-state index contributed by atoms with van der Waals surface area (Å²) in [7, 11) is 0. The van der Waals surface area contributed by atoms with Crippen molar-refractivity contribution in [3.05, 3.63) is 67.7 Å². The average molecular weight is 424 g/mol. The number of nitro groups is 1. The van der Waals surface area contributed by atoms with E-state index in [0.29, 0.717) is 42.0 Å². The van der Waals surface area contributed by atoms with E-state index in [9.17, 15) is 14.9 Å². The van der Waals surface area contributed by atoms with E-state index in [0.717, 1.165) is 5.56 Å². The zero-order chi connectivity index (χ0) is 20.3. The van der Waals surface area contributed by atoms with Crippen molar-refractivity contribution < 1.29 is 14.5 Å². The first-order valence-electron chi connectivity index (χ1n) is 8.74. The Bertz CT molecular complexity index is 901. The Hall–Kier alpha value is -2.35. The highest BCUT2D eigenvalue weighted by Crippen LogP contribution is 2.32. The lowest BCUT2D eigenvalue weighted by Gasteiger charge is -2.27. The zero-order valence-corrected chi connectivity index (χ0v) is 16.7. The van der Waals surface area contributed by atoms with Gasteiger partial charge in [-0.05, 0) is 36.8 Å². The molecule has 2 aromatic carbocycles. The van der Waals surface area contributed by atoms with Gasteiger partial charge in [0.05, 0.1) is 24.2 Å². The molecule has 2 aromatic rings. The molecule has 0 spiro atoms. The van der Waals surface area contributed by atoms with Gasteiger partial charge in [0, 0.05) is 34.8 Å². The van der Waals surface area contributed by atoms with Crippen molar-refractivity contribution in [3.8, 4) is 0 Å². The summed E-state index contributed by atoms with van der Waals surface area (Å²) in [6.07, 6.45) is 0. The van der Waals surface area contributed by atoms with Crippen LogP contribution in [0.5, 0.6) is 0 Å². The topological polar surface area (TPSA) is 84.7 Å². The van der Waals surface area contributed by atoms with Gasteiger partial charge in [-0.2, -0.15) is 0 Å². The molecule has 3 rings (SSSR count). The molecule has 0 aliphatic carbocycles. The molecule has 0 aromatic heterocycles. The van der Waals surface area contributed by atoms with Crippen molar-refractivity contribution in [1.82, 2.24) is 4.90 Å². The average Bonchev–Trinajstić information content (AvgIpc) is 2.68. The molecule has 1 heterocycles. The number of carbonyl (C=O) groups excluding carboxylic acids is 1. The number of nitrogens with zero attached hydrogens (tertiary/aromatic N) is 2. The van der Waals surface area contributed by atoms with Crippen LogP contribution in [0.25, 0.3) is 0 Å². The van der Waals surface area contributed by atoms with E-state index in [1.165, 1.54) is 6.07 Å².